The summed E-state index contributed by atoms with van der Waals surface area (Å²) in [7, 11) is 3.59. The maximum absolute atomic E-state index is 12.2. The highest BCUT2D eigenvalue weighted by atomic mass is 16.5. The van der Waals surface area contributed by atoms with Gasteiger partial charge in [-0.2, -0.15) is 5.10 Å². The van der Waals surface area contributed by atoms with Gasteiger partial charge in [0.15, 0.2) is 0 Å². The summed E-state index contributed by atoms with van der Waals surface area (Å²) in [4.78, 5) is 16.1. The van der Waals surface area contributed by atoms with Crippen molar-refractivity contribution in [3.8, 4) is 5.69 Å². The van der Waals surface area contributed by atoms with E-state index in [4.69, 9.17) is 9.84 Å². The average Bonchev–Trinajstić information content (AvgIpc) is 2.90. The van der Waals surface area contributed by atoms with Gasteiger partial charge in [0.1, 0.15) is 0 Å². The third-order valence-electron chi connectivity index (χ3n) is 4.76. The molecule has 0 bridgehead atoms. The molecule has 0 radical (unpaired) electrons. The van der Waals surface area contributed by atoms with Crippen LogP contribution in [0.5, 0.6) is 0 Å². The molecule has 1 saturated heterocycles. The van der Waals surface area contributed by atoms with E-state index in [9.17, 15) is 4.79 Å². The Labute approximate surface area is 149 Å². The first-order valence-electron chi connectivity index (χ1n) is 8.62. The Morgan fingerprint density at radius 1 is 1.28 bits per heavy atom. The van der Waals surface area contributed by atoms with Crippen LogP contribution in [0.4, 0.5) is 0 Å². The van der Waals surface area contributed by atoms with Crippen LogP contribution in [0.15, 0.2) is 30.3 Å². The van der Waals surface area contributed by atoms with Gasteiger partial charge >= 0.3 is 0 Å². The molecule has 0 saturated carbocycles. The fourth-order valence-corrected chi connectivity index (χ4v) is 3.37. The molecule has 1 aromatic carbocycles. The van der Waals surface area contributed by atoms with Gasteiger partial charge in [-0.15, -0.1) is 0 Å². The predicted octanol–water partition coefficient (Wildman–Crippen LogP) is 1.95. The fourth-order valence-electron chi connectivity index (χ4n) is 3.37. The highest BCUT2D eigenvalue weighted by Gasteiger charge is 2.31. The second kappa shape index (κ2) is 7.37. The molecular formula is C19H26N4O2. The number of rotatable bonds is 4. The van der Waals surface area contributed by atoms with Crippen molar-refractivity contribution in [2.45, 2.75) is 19.9 Å². The number of carbonyl (C=O) groups is 1. The Kier molecular flexibility index (Phi) is 5.20. The number of ether oxygens (including phenoxy) is 1. The van der Waals surface area contributed by atoms with Crippen molar-refractivity contribution in [3.63, 3.8) is 0 Å². The van der Waals surface area contributed by atoms with E-state index in [1.54, 1.807) is 19.0 Å². The van der Waals surface area contributed by atoms with E-state index in [1.807, 2.05) is 41.9 Å². The van der Waals surface area contributed by atoms with Crippen molar-refractivity contribution < 1.29 is 9.53 Å². The van der Waals surface area contributed by atoms with Gasteiger partial charge in [-0.25, -0.2) is 4.68 Å². The Morgan fingerprint density at radius 3 is 2.68 bits per heavy atom. The Balaban J connectivity index is 1.94. The van der Waals surface area contributed by atoms with E-state index < -0.39 is 0 Å². The van der Waals surface area contributed by atoms with Gasteiger partial charge in [-0.1, -0.05) is 18.2 Å². The van der Waals surface area contributed by atoms with Crippen LogP contribution in [0.3, 0.4) is 0 Å². The lowest BCUT2D eigenvalue weighted by atomic mass is 10.0. The van der Waals surface area contributed by atoms with Gasteiger partial charge in [0.25, 0.3) is 0 Å². The molecule has 134 valence electrons. The van der Waals surface area contributed by atoms with Crippen molar-refractivity contribution in [1.82, 2.24) is 19.6 Å². The summed E-state index contributed by atoms with van der Waals surface area (Å²) in [6, 6.07) is 10.2. The number of para-hydroxylation sites is 1. The number of morpholine rings is 1. The van der Waals surface area contributed by atoms with Crippen molar-refractivity contribution in [3.05, 3.63) is 47.3 Å². The maximum atomic E-state index is 12.2. The summed E-state index contributed by atoms with van der Waals surface area (Å²) < 4.78 is 7.71. The van der Waals surface area contributed by atoms with Crippen molar-refractivity contribution in [2.24, 2.45) is 0 Å². The van der Waals surface area contributed by atoms with E-state index in [1.165, 1.54) is 0 Å². The molecule has 0 N–H and O–H groups in total. The minimum absolute atomic E-state index is 0.0510. The maximum Gasteiger partial charge on any atom is 0.236 e. The number of benzene rings is 1. The zero-order chi connectivity index (χ0) is 18.0. The summed E-state index contributed by atoms with van der Waals surface area (Å²) in [6.45, 7) is 6.51. The second-order valence-corrected chi connectivity index (χ2v) is 6.68. The van der Waals surface area contributed by atoms with E-state index in [2.05, 4.69) is 11.8 Å². The number of nitrogens with zero attached hydrogens (tertiary/aromatic N) is 4. The molecule has 25 heavy (non-hydrogen) atoms. The molecule has 6 nitrogen and oxygen atoms in total. The van der Waals surface area contributed by atoms with Gasteiger partial charge in [-0.05, 0) is 26.0 Å². The molecule has 0 unspecified atom stereocenters. The number of hydrogen-bond acceptors (Lipinski definition) is 4. The van der Waals surface area contributed by atoms with Crippen molar-refractivity contribution >= 4 is 5.91 Å². The zero-order valence-electron chi connectivity index (χ0n) is 15.4. The Hall–Kier alpha value is -2.18. The molecule has 2 heterocycles. The molecule has 3 rings (SSSR count). The average molecular weight is 342 g/mol. The third-order valence-corrected chi connectivity index (χ3v) is 4.76. The van der Waals surface area contributed by atoms with Crippen LogP contribution in [0.25, 0.3) is 5.69 Å². The largest absolute Gasteiger partial charge is 0.378 e. The highest BCUT2D eigenvalue weighted by molar-refractivity contribution is 5.77. The fraction of sp³-hybridized carbons (Fsp3) is 0.474. The Morgan fingerprint density at radius 2 is 2.00 bits per heavy atom. The summed E-state index contributed by atoms with van der Waals surface area (Å²) in [5.74, 6) is 0.109. The number of carbonyl (C=O) groups excluding carboxylic acids is 1. The van der Waals surface area contributed by atoms with Gasteiger partial charge < -0.3 is 9.64 Å². The first kappa shape index (κ1) is 17.6. The van der Waals surface area contributed by atoms with Crippen LogP contribution in [-0.4, -0.2) is 65.9 Å². The number of aryl methyl sites for hydroxylation is 1. The van der Waals surface area contributed by atoms with Crippen LogP contribution < -0.4 is 0 Å². The molecular weight excluding hydrogens is 316 g/mol. The van der Waals surface area contributed by atoms with Crippen LogP contribution in [0, 0.1) is 13.8 Å². The number of hydrogen-bond donors (Lipinski definition) is 0. The third kappa shape index (κ3) is 3.60. The first-order chi connectivity index (χ1) is 12.0. The lowest BCUT2D eigenvalue weighted by Gasteiger charge is -2.36. The van der Waals surface area contributed by atoms with E-state index in [-0.39, 0.29) is 11.9 Å². The van der Waals surface area contributed by atoms with Crippen LogP contribution in [-0.2, 0) is 9.53 Å². The topological polar surface area (TPSA) is 50.6 Å². The van der Waals surface area contributed by atoms with Gasteiger partial charge in [-0.3, -0.25) is 9.69 Å². The number of likely N-dealkylation sites (N-methyl/N-ethyl adjacent to an activating group) is 1. The monoisotopic (exact) mass is 342 g/mol. The normalized spacial score (nSPS) is 18.3. The van der Waals surface area contributed by atoms with Gasteiger partial charge in [0.05, 0.1) is 37.2 Å². The lowest BCUT2D eigenvalue weighted by molar-refractivity contribution is -0.132. The summed E-state index contributed by atoms with van der Waals surface area (Å²) in [6.07, 6.45) is 0. The SMILES string of the molecule is Cc1nn(-c2ccccc2)c(C)c1[C@@H]1COCCN1CC(=O)N(C)C. The second-order valence-electron chi connectivity index (χ2n) is 6.68. The molecule has 1 aliphatic rings. The van der Waals surface area contributed by atoms with Crippen LogP contribution >= 0.6 is 0 Å². The quantitative estimate of drug-likeness (QED) is 0.852. The minimum atomic E-state index is 0.0510. The van der Waals surface area contributed by atoms with Crippen molar-refractivity contribution in [1.29, 1.82) is 0 Å². The molecule has 0 spiro atoms. The van der Waals surface area contributed by atoms with Crippen LogP contribution in [0.2, 0.25) is 0 Å². The molecule has 1 aromatic heterocycles. The smallest absolute Gasteiger partial charge is 0.236 e. The zero-order valence-corrected chi connectivity index (χ0v) is 15.4. The predicted molar refractivity (Wildman–Crippen MR) is 96.9 cm³/mol. The lowest BCUT2D eigenvalue weighted by Crippen LogP contribution is -2.45. The minimum Gasteiger partial charge on any atom is -0.378 e. The molecule has 0 aliphatic carbocycles. The Bertz CT molecular complexity index is 739. The number of aromatic nitrogens is 2. The highest BCUT2D eigenvalue weighted by Crippen LogP contribution is 2.30. The van der Waals surface area contributed by atoms with Crippen LogP contribution in [0.1, 0.15) is 23.0 Å². The first-order valence-corrected chi connectivity index (χ1v) is 8.62. The summed E-state index contributed by atoms with van der Waals surface area (Å²) >= 11 is 0. The number of amides is 1. The van der Waals surface area contributed by atoms with Gasteiger partial charge in [0.2, 0.25) is 5.91 Å². The molecule has 1 atom stereocenters. The van der Waals surface area contributed by atoms with E-state index in [0.717, 1.165) is 29.2 Å². The molecule has 1 fully saturated rings. The van der Waals surface area contributed by atoms with Crippen molar-refractivity contribution in [2.75, 3.05) is 40.4 Å². The molecule has 6 heteroatoms. The van der Waals surface area contributed by atoms with E-state index >= 15 is 0 Å². The summed E-state index contributed by atoms with van der Waals surface area (Å²) in [5, 5.41) is 4.74. The molecule has 2 aromatic rings. The summed E-state index contributed by atoms with van der Waals surface area (Å²) in [5.41, 5.74) is 4.29. The molecule has 1 amide bonds. The standard InChI is InChI=1S/C19H26N4O2/c1-14-19(15(2)23(20-14)16-8-6-5-7-9-16)17-13-25-11-10-22(17)12-18(24)21(3)4/h5-9,17H,10-13H2,1-4H3/t17-/m0/s1. The van der Waals surface area contributed by atoms with E-state index in [0.29, 0.717) is 19.8 Å². The van der Waals surface area contributed by atoms with Gasteiger partial charge in [0, 0.05) is 31.9 Å². The molecule has 1 aliphatic heterocycles.